The van der Waals surface area contributed by atoms with Crippen molar-refractivity contribution < 1.29 is 4.79 Å². The van der Waals surface area contributed by atoms with Crippen molar-refractivity contribution in [2.45, 2.75) is 39.2 Å². The summed E-state index contributed by atoms with van der Waals surface area (Å²) in [4.78, 5) is 16.4. The molecule has 4 heteroatoms. The Morgan fingerprint density at radius 2 is 1.94 bits per heavy atom. The molecule has 0 saturated carbocycles. The number of carbonyl (C=O) groups is 1. The quantitative estimate of drug-likeness (QED) is 0.796. The van der Waals surface area contributed by atoms with E-state index in [0.717, 1.165) is 25.9 Å². The van der Waals surface area contributed by atoms with Crippen LogP contribution in [0.1, 0.15) is 33.1 Å². The molecule has 0 atom stereocenters. The van der Waals surface area contributed by atoms with Crippen molar-refractivity contribution in [2.24, 2.45) is 11.1 Å². The highest BCUT2D eigenvalue weighted by atomic mass is 16.2. The number of amides is 1. The molecule has 17 heavy (non-hydrogen) atoms. The van der Waals surface area contributed by atoms with Crippen LogP contribution < -0.4 is 5.73 Å². The SMILES string of the molecule is CN1CCC(N(C)C(=O)CC(C)(C)CN)CC1. The molecule has 2 N–H and O–H groups in total. The summed E-state index contributed by atoms with van der Waals surface area (Å²) in [5.41, 5.74) is 5.59. The Balaban J connectivity index is 2.46. The van der Waals surface area contributed by atoms with E-state index in [1.165, 1.54) is 0 Å². The first-order valence-corrected chi connectivity index (χ1v) is 6.50. The maximum atomic E-state index is 12.2. The van der Waals surface area contributed by atoms with Gasteiger partial charge in [0.15, 0.2) is 0 Å². The molecule has 1 rings (SSSR count). The van der Waals surface area contributed by atoms with Crippen LogP contribution in [-0.4, -0.2) is 55.5 Å². The topological polar surface area (TPSA) is 49.6 Å². The van der Waals surface area contributed by atoms with Gasteiger partial charge in [-0.2, -0.15) is 0 Å². The summed E-state index contributed by atoms with van der Waals surface area (Å²) in [6, 6.07) is 0.410. The third-order valence-electron chi connectivity index (χ3n) is 3.81. The second-order valence-corrected chi connectivity index (χ2v) is 6.08. The Hall–Kier alpha value is -0.610. The van der Waals surface area contributed by atoms with Crippen LogP contribution >= 0.6 is 0 Å². The summed E-state index contributed by atoms with van der Waals surface area (Å²) in [7, 11) is 4.07. The van der Waals surface area contributed by atoms with E-state index in [4.69, 9.17) is 5.73 Å². The minimum Gasteiger partial charge on any atom is -0.343 e. The van der Waals surface area contributed by atoms with E-state index in [1.807, 2.05) is 25.8 Å². The van der Waals surface area contributed by atoms with Gasteiger partial charge in [0.1, 0.15) is 0 Å². The molecule has 0 unspecified atom stereocenters. The summed E-state index contributed by atoms with van der Waals surface area (Å²) >= 11 is 0. The molecule has 1 saturated heterocycles. The van der Waals surface area contributed by atoms with Gasteiger partial charge in [-0.1, -0.05) is 13.8 Å². The van der Waals surface area contributed by atoms with Crippen LogP contribution in [0.3, 0.4) is 0 Å². The number of nitrogens with two attached hydrogens (primary N) is 1. The lowest BCUT2D eigenvalue weighted by molar-refractivity contribution is -0.134. The Morgan fingerprint density at radius 3 is 2.41 bits per heavy atom. The summed E-state index contributed by atoms with van der Waals surface area (Å²) < 4.78 is 0. The highest BCUT2D eigenvalue weighted by molar-refractivity contribution is 5.77. The average Bonchev–Trinajstić information content (AvgIpc) is 2.28. The normalized spacial score (nSPS) is 19.4. The van der Waals surface area contributed by atoms with Crippen molar-refractivity contribution in [3.8, 4) is 0 Å². The van der Waals surface area contributed by atoms with Crippen molar-refractivity contribution in [3.63, 3.8) is 0 Å². The standard InChI is InChI=1S/C13H27N3O/c1-13(2,10-14)9-12(17)16(4)11-5-7-15(3)8-6-11/h11H,5-10,14H2,1-4H3. The second-order valence-electron chi connectivity index (χ2n) is 6.08. The van der Waals surface area contributed by atoms with Crippen LogP contribution in [0.2, 0.25) is 0 Å². The van der Waals surface area contributed by atoms with Gasteiger partial charge in [-0.05, 0) is 44.9 Å². The van der Waals surface area contributed by atoms with Gasteiger partial charge in [-0.3, -0.25) is 4.79 Å². The zero-order valence-electron chi connectivity index (χ0n) is 11.7. The summed E-state index contributed by atoms with van der Waals surface area (Å²) in [5.74, 6) is 0.231. The first-order valence-electron chi connectivity index (χ1n) is 6.50. The molecule has 1 aliphatic heterocycles. The molecule has 1 amide bonds. The first kappa shape index (κ1) is 14.5. The van der Waals surface area contributed by atoms with Crippen LogP contribution in [0.25, 0.3) is 0 Å². The van der Waals surface area contributed by atoms with Gasteiger partial charge in [0.05, 0.1) is 0 Å². The van der Waals surface area contributed by atoms with Crippen molar-refractivity contribution in [1.82, 2.24) is 9.80 Å². The van der Waals surface area contributed by atoms with E-state index in [0.29, 0.717) is 19.0 Å². The lowest BCUT2D eigenvalue weighted by atomic mass is 9.88. The smallest absolute Gasteiger partial charge is 0.223 e. The van der Waals surface area contributed by atoms with E-state index >= 15 is 0 Å². The molecule has 1 aliphatic rings. The highest BCUT2D eigenvalue weighted by Gasteiger charge is 2.27. The molecule has 1 fully saturated rings. The maximum Gasteiger partial charge on any atom is 0.223 e. The minimum absolute atomic E-state index is 0.0865. The molecule has 0 aromatic carbocycles. The second kappa shape index (κ2) is 5.83. The zero-order valence-corrected chi connectivity index (χ0v) is 11.7. The van der Waals surface area contributed by atoms with Gasteiger partial charge in [0.25, 0.3) is 0 Å². The average molecular weight is 241 g/mol. The molecular weight excluding hydrogens is 214 g/mol. The Labute approximate surface area is 105 Å². The van der Waals surface area contributed by atoms with E-state index < -0.39 is 0 Å². The van der Waals surface area contributed by atoms with Gasteiger partial charge >= 0.3 is 0 Å². The van der Waals surface area contributed by atoms with Crippen molar-refractivity contribution in [2.75, 3.05) is 33.7 Å². The number of nitrogens with zero attached hydrogens (tertiary/aromatic N) is 2. The molecule has 1 heterocycles. The van der Waals surface area contributed by atoms with E-state index in [9.17, 15) is 4.79 Å². The zero-order chi connectivity index (χ0) is 13.1. The third kappa shape index (κ3) is 4.28. The maximum absolute atomic E-state index is 12.2. The van der Waals surface area contributed by atoms with Crippen molar-refractivity contribution in [1.29, 1.82) is 0 Å². The molecule has 0 spiro atoms. The van der Waals surface area contributed by atoms with Crippen LogP contribution in [0.15, 0.2) is 0 Å². The number of hydrogen-bond donors (Lipinski definition) is 1. The number of carbonyl (C=O) groups excluding carboxylic acids is 1. The van der Waals surface area contributed by atoms with Crippen LogP contribution in [-0.2, 0) is 4.79 Å². The third-order valence-corrected chi connectivity index (χ3v) is 3.81. The summed E-state index contributed by atoms with van der Waals surface area (Å²) in [5, 5.41) is 0. The van der Waals surface area contributed by atoms with Crippen molar-refractivity contribution in [3.05, 3.63) is 0 Å². The Bertz CT molecular complexity index is 257. The van der Waals surface area contributed by atoms with Gasteiger partial charge in [0.2, 0.25) is 5.91 Å². The molecule has 100 valence electrons. The fourth-order valence-corrected chi connectivity index (χ4v) is 2.19. The molecule has 0 bridgehead atoms. The number of rotatable bonds is 4. The first-order chi connectivity index (χ1) is 7.85. The molecule has 0 aromatic rings. The van der Waals surface area contributed by atoms with Crippen LogP contribution in [0, 0.1) is 5.41 Å². The number of likely N-dealkylation sites (tertiary alicyclic amines) is 1. The fourth-order valence-electron chi connectivity index (χ4n) is 2.19. The van der Waals surface area contributed by atoms with Crippen LogP contribution in [0.4, 0.5) is 0 Å². The van der Waals surface area contributed by atoms with E-state index in [1.54, 1.807) is 0 Å². The molecule has 0 aromatic heterocycles. The number of piperidine rings is 1. The largest absolute Gasteiger partial charge is 0.343 e. The number of hydrogen-bond acceptors (Lipinski definition) is 3. The van der Waals surface area contributed by atoms with Gasteiger partial charge in [0, 0.05) is 19.5 Å². The lowest BCUT2D eigenvalue weighted by Gasteiger charge is -2.36. The fraction of sp³-hybridized carbons (Fsp3) is 0.923. The summed E-state index contributed by atoms with van der Waals surface area (Å²) in [6.45, 7) is 6.83. The van der Waals surface area contributed by atoms with Gasteiger partial charge in [-0.15, -0.1) is 0 Å². The molecular formula is C13H27N3O. The predicted molar refractivity (Wildman–Crippen MR) is 70.7 cm³/mol. The van der Waals surface area contributed by atoms with Gasteiger partial charge in [-0.25, -0.2) is 0 Å². The molecule has 4 nitrogen and oxygen atoms in total. The monoisotopic (exact) mass is 241 g/mol. The molecule has 0 radical (unpaired) electrons. The minimum atomic E-state index is -0.0865. The predicted octanol–water partition coefficient (Wildman–Crippen LogP) is 0.914. The lowest BCUT2D eigenvalue weighted by Crippen LogP contribution is -2.45. The molecule has 0 aliphatic carbocycles. The van der Waals surface area contributed by atoms with Gasteiger partial charge < -0.3 is 15.5 Å². The van der Waals surface area contributed by atoms with E-state index in [2.05, 4.69) is 11.9 Å². The van der Waals surface area contributed by atoms with Crippen molar-refractivity contribution >= 4 is 5.91 Å². The Kier molecular flexibility index (Phi) is 4.95. The van der Waals surface area contributed by atoms with E-state index in [-0.39, 0.29) is 11.3 Å². The highest BCUT2D eigenvalue weighted by Crippen LogP contribution is 2.22. The van der Waals surface area contributed by atoms with Crippen LogP contribution in [0.5, 0.6) is 0 Å². The summed E-state index contributed by atoms with van der Waals surface area (Å²) in [6.07, 6.45) is 2.72. The Morgan fingerprint density at radius 1 is 1.41 bits per heavy atom.